The second-order valence-corrected chi connectivity index (χ2v) is 8.86. The summed E-state index contributed by atoms with van der Waals surface area (Å²) in [5.41, 5.74) is 7.51. The molecule has 0 amide bonds. The van der Waals surface area contributed by atoms with Crippen LogP contribution in [0.1, 0.15) is 16.8 Å². The minimum Gasteiger partial charge on any atom is -0.403 e. The Morgan fingerprint density at radius 1 is 1.22 bits per heavy atom. The maximum absolute atomic E-state index is 12.8. The molecule has 0 unspecified atom stereocenters. The van der Waals surface area contributed by atoms with Crippen molar-refractivity contribution in [2.75, 3.05) is 0 Å². The molecule has 1 atom stereocenters. The average Bonchev–Trinajstić information content (AvgIpc) is 3.32. The fourth-order valence-electron chi connectivity index (χ4n) is 4.28. The number of aromatic nitrogens is 3. The van der Waals surface area contributed by atoms with Gasteiger partial charge in [0, 0.05) is 42.2 Å². The normalized spacial score (nSPS) is 13.9. The van der Waals surface area contributed by atoms with Crippen LogP contribution in [0.2, 0.25) is 5.02 Å². The second kappa shape index (κ2) is 9.74. The van der Waals surface area contributed by atoms with Crippen LogP contribution >= 0.6 is 11.6 Å². The number of nitrogens with zero attached hydrogens (tertiary/aromatic N) is 3. The van der Waals surface area contributed by atoms with Gasteiger partial charge in [0.25, 0.3) is 5.56 Å². The lowest BCUT2D eigenvalue weighted by molar-refractivity contribution is 0.119. The molecule has 0 saturated carbocycles. The summed E-state index contributed by atoms with van der Waals surface area (Å²) in [6.07, 6.45) is 11.9. The lowest BCUT2D eigenvalue weighted by atomic mass is 9.83. The highest BCUT2D eigenvalue weighted by Crippen LogP contribution is 2.37. The van der Waals surface area contributed by atoms with E-state index in [9.17, 15) is 9.90 Å². The van der Waals surface area contributed by atoms with E-state index in [0.29, 0.717) is 43.5 Å². The van der Waals surface area contributed by atoms with Gasteiger partial charge in [-0.05, 0) is 52.6 Å². The van der Waals surface area contributed by atoms with E-state index < -0.39 is 5.60 Å². The maximum Gasteiger partial charge on any atom is 0.251 e. The van der Waals surface area contributed by atoms with Crippen molar-refractivity contribution in [3.8, 4) is 23.5 Å². The summed E-state index contributed by atoms with van der Waals surface area (Å²) in [6.45, 7) is 4.26. The van der Waals surface area contributed by atoms with Crippen molar-refractivity contribution in [1.82, 2.24) is 14.1 Å². The number of hydrogen-bond donors (Lipinski definition) is 2. The van der Waals surface area contributed by atoms with Gasteiger partial charge in [0.15, 0.2) is 5.60 Å². The number of imidazole rings is 1. The minimum absolute atomic E-state index is 0.241. The first kappa shape index (κ1) is 24.8. The number of halogens is 1. The summed E-state index contributed by atoms with van der Waals surface area (Å²) >= 11 is 6.12. The predicted octanol–water partition coefficient (Wildman–Crippen LogP) is 2.39. The first-order valence-electron chi connectivity index (χ1n) is 11.1. The molecule has 4 aromatic rings. The van der Waals surface area contributed by atoms with Crippen LogP contribution in [0.3, 0.4) is 0 Å². The molecule has 0 spiro atoms. The van der Waals surface area contributed by atoms with Gasteiger partial charge in [-0.2, -0.15) is 0 Å². The predicted molar refractivity (Wildman–Crippen MR) is 144 cm³/mol. The highest BCUT2D eigenvalue weighted by atomic mass is 35.5. The Labute approximate surface area is 213 Å². The Kier molecular flexibility index (Phi) is 6.71. The van der Waals surface area contributed by atoms with E-state index >= 15 is 0 Å². The van der Waals surface area contributed by atoms with Crippen molar-refractivity contribution < 1.29 is 5.11 Å². The van der Waals surface area contributed by atoms with Gasteiger partial charge in [0.05, 0.1) is 23.6 Å². The van der Waals surface area contributed by atoms with Gasteiger partial charge < -0.3 is 20.0 Å². The zero-order valence-electron chi connectivity index (χ0n) is 19.9. The summed E-state index contributed by atoms with van der Waals surface area (Å²) in [5, 5.41) is 13.8. The molecule has 0 fully saturated rings. The van der Waals surface area contributed by atoms with Crippen molar-refractivity contribution >= 4 is 23.9 Å². The number of benzene rings is 2. The van der Waals surface area contributed by atoms with E-state index in [1.807, 2.05) is 24.3 Å². The summed E-state index contributed by atoms with van der Waals surface area (Å²) in [4.78, 5) is 17.0. The first-order valence-corrected chi connectivity index (χ1v) is 11.4. The molecule has 0 aliphatic carbocycles. The largest absolute Gasteiger partial charge is 0.403 e. The molecule has 0 aliphatic rings. The number of aliphatic hydroxyl groups is 1. The highest BCUT2D eigenvalue weighted by molar-refractivity contribution is 6.30. The average molecular weight is 497 g/mol. The maximum atomic E-state index is 12.8. The quantitative estimate of drug-likeness (QED) is 0.415. The van der Waals surface area contributed by atoms with Gasteiger partial charge >= 0.3 is 0 Å². The Morgan fingerprint density at radius 2 is 1.94 bits per heavy atom. The molecule has 2 heterocycles. The standard InChI is InChI=1S/C29H25ClN4O2/c1-5-20-7-6-8-21(14-20)24-15-28(35)34(4)26(16-31)25(24)13-19(2)29(36,27-17-32-18-33(27)3)22-9-11-23(30)12-10-22/h1,6-18,36H,2,31H2,3-4H3/b25-13-,26-16+/t29-/m0/s1. The smallest absolute Gasteiger partial charge is 0.251 e. The molecule has 6 nitrogen and oxygen atoms in total. The van der Waals surface area contributed by atoms with Crippen LogP contribution in [0.4, 0.5) is 0 Å². The molecule has 0 aliphatic heterocycles. The molecule has 4 rings (SSSR count). The molecule has 2 aromatic heterocycles. The van der Waals surface area contributed by atoms with Crippen LogP contribution in [0, 0.1) is 12.3 Å². The van der Waals surface area contributed by atoms with Gasteiger partial charge in [0.1, 0.15) is 0 Å². The van der Waals surface area contributed by atoms with Crippen molar-refractivity contribution in [2.45, 2.75) is 5.60 Å². The summed E-state index contributed by atoms with van der Waals surface area (Å²) in [5.74, 6) is 2.62. The molecule has 0 bridgehead atoms. The number of hydrogen-bond acceptors (Lipinski definition) is 4. The molecule has 2 aromatic carbocycles. The Morgan fingerprint density at radius 3 is 2.56 bits per heavy atom. The molecule has 3 N–H and O–H groups in total. The second-order valence-electron chi connectivity index (χ2n) is 8.42. The number of rotatable bonds is 5. The lowest BCUT2D eigenvalue weighted by Crippen LogP contribution is -2.44. The number of nitrogens with two attached hydrogens (primary N) is 1. The highest BCUT2D eigenvalue weighted by Gasteiger charge is 2.36. The zero-order chi connectivity index (χ0) is 26.0. The lowest BCUT2D eigenvalue weighted by Gasteiger charge is -2.30. The van der Waals surface area contributed by atoms with Crippen LogP contribution < -0.4 is 21.9 Å². The fraction of sp³-hybridized carbons (Fsp3) is 0.103. The summed E-state index contributed by atoms with van der Waals surface area (Å²) in [6, 6.07) is 15.7. The first-order chi connectivity index (χ1) is 17.2. The minimum atomic E-state index is -1.66. The number of aryl methyl sites for hydroxylation is 1. The monoisotopic (exact) mass is 496 g/mol. The molecule has 7 heteroatoms. The Hall–Kier alpha value is -4.31. The van der Waals surface area contributed by atoms with Gasteiger partial charge in [-0.1, -0.05) is 48.4 Å². The number of pyridine rings is 1. The Bertz CT molecular complexity index is 1690. The fourth-order valence-corrected chi connectivity index (χ4v) is 4.40. The van der Waals surface area contributed by atoms with E-state index in [0.717, 1.165) is 5.56 Å². The number of terminal acetylenes is 1. The van der Waals surface area contributed by atoms with Gasteiger partial charge in [-0.15, -0.1) is 6.42 Å². The Balaban J connectivity index is 2.07. The van der Waals surface area contributed by atoms with Crippen LogP contribution in [0.15, 0.2) is 84.1 Å². The van der Waals surface area contributed by atoms with Crippen LogP contribution in [-0.4, -0.2) is 19.2 Å². The van der Waals surface area contributed by atoms with Crippen LogP contribution in [0.25, 0.3) is 23.4 Å². The third-order valence-corrected chi connectivity index (χ3v) is 6.51. The van der Waals surface area contributed by atoms with E-state index in [-0.39, 0.29) is 5.56 Å². The molecule has 180 valence electrons. The zero-order valence-corrected chi connectivity index (χ0v) is 20.7. The summed E-state index contributed by atoms with van der Waals surface area (Å²) in [7, 11) is 3.42. The van der Waals surface area contributed by atoms with Crippen molar-refractivity contribution in [3.63, 3.8) is 0 Å². The van der Waals surface area contributed by atoms with Gasteiger partial charge in [-0.25, -0.2) is 4.98 Å². The molecule has 0 radical (unpaired) electrons. The van der Waals surface area contributed by atoms with E-state index in [4.69, 9.17) is 23.8 Å². The van der Waals surface area contributed by atoms with Crippen LogP contribution in [-0.2, 0) is 19.7 Å². The SMILES string of the molecule is C#Cc1cccc(-c2cc(=O)n(C)c(=C/N)/c2=C\C(=C)[C@](O)(c2ccc(Cl)cc2)c2cncn2C)c1. The van der Waals surface area contributed by atoms with E-state index in [2.05, 4.69) is 17.5 Å². The van der Waals surface area contributed by atoms with Crippen LogP contribution in [0.5, 0.6) is 0 Å². The molecule has 36 heavy (non-hydrogen) atoms. The summed E-state index contributed by atoms with van der Waals surface area (Å²) < 4.78 is 3.17. The van der Waals surface area contributed by atoms with Crippen molar-refractivity contribution in [2.24, 2.45) is 19.8 Å². The van der Waals surface area contributed by atoms with E-state index in [1.165, 1.54) is 16.8 Å². The molecular weight excluding hydrogens is 472 g/mol. The topological polar surface area (TPSA) is 86.1 Å². The third kappa shape index (κ3) is 4.27. The third-order valence-electron chi connectivity index (χ3n) is 6.26. The van der Waals surface area contributed by atoms with Gasteiger partial charge in [0.2, 0.25) is 0 Å². The van der Waals surface area contributed by atoms with E-state index in [1.54, 1.807) is 61.5 Å². The molecular formula is C29H25ClN4O2. The molecule has 0 saturated heterocycles. The van der Waals surface area contributed by atoms with Crippen molar-refractivity contribution in [3.05, 3.63) is 122 Å². The van der Waals surface area contributed by atoms with Crippen molar-refractivity contribution in [1.29, 1.82) is 0 Å². The van der Waals surface area contributed by atoms with Gasteiger partial charge in [-0.3, -0.25) is 4.79 Å².